The first kappa shape index (κ1) is 10.7. The lowest BCUT2D eigenvalue weighted by molar-refractivity contribution is -0.117. The number of hydrogen-bond donors (Lipinski definition) is 1. The second-order valence-electron chi connectivity index (χ2n) is 2.75. The summed E-state index contributed by atoms with van der Waals surface area (Å²) in [6.45, 7) is 0. The summed E-state index contributed by atoms with van der Waals surface area (Å²) in [6.07, 6.45) is 3.85. The van der Waals surface area contributed by atoms with E-state index >= 15 is 0 Å². The molecule has 0 bridgehead atoms. The summed E-state index contributed by atoms with van der Waals surface area (Å²) < 4.78 is 22.8. The predicted octanol–water partition coefficient (Wildman–Crippen LogP) is -0.881. The van der Waals surface area contributed by atoms with E-state index in [0.717, 1.165) is 10.3 Å². The maximum absolute atomic E-state index is 11.0. The molecule has 0 unspecified atom stereocenters. The Morgan fingerprint density at radius 3 is 2.79 bits per heavy atom. The highest BCUT2D eigenvalue weighted by Crippen LogP contribution is 2.03. The summed E-state index contributed by atoms with van der Waals surface area (Å²) in [7, 11) is -3.35. The highest BCUT2D eigenvalue weighted by atomic mass is 32.2. The van der Waals surface area contributed by atoms with Gasteiger partial charge in [0.05, 0.1) is 11.9 Å². The molecule has 1 aromatic rings. The standard InChI is InChI=1S/C7H10N3O3S/c1-14(12,13)10-5-4-6(9-10)2-3-7(8)11/h2,4-5H,3H2,1H3,(H2,8,11). The number of rotatable bonds is 4. The van der Waals surface area contributed by atoms with Crippen LogP contribution in [0, 0.1) is 6.42 Å². The van der Waals surface area contributed by atoms with Crippen molar-refractivity contribution in [2.45, 2.75) is 6.42 Å². The first-order valence-electron chi connectivity index (χ1n) is 3.77. The van der Waals surface area contributed by atoms with Crippen LogP contribution in [0.1, 0.15) is 12.1 Å². The van der Waals surface area contributed by atoms with Gasteiger partial charge in [-0.25, -0.2) is 8.42 Å². The van der Waals surface area contributed by atoms with Crippen LogP contribution in [0.25, 0.3) is 0 Å². The molecule has 1 rings (SSSR count). The smallest absolute Gasteiger partial charge is 0.250 e. The maximum atomic E-state index is 11.0. The van der Waals surface area contributed by atoms with E-state index in [4.69, 9.17) is 5.73 Å². The lowest BCUT2D eigenvalue weighted by Gasteiger charge is -1.95. The van der Waals surface area contributed by atoms with Crippen molar-refractivity contribution in [1.82, 2.24) is 9.19 Å². The van der Waals surface area contributed by atoms with Gasteiger partial charge >= 0.3 is 0 Å². The molecule has 0 aliphatic heterocycles. The van der Waals surface area contributed by atoms with Crippen molar-refractivity contribution >= 4 is 15.9 Å². The van der Waals surface area contributed by atoms with Gasteiger partial charge in [0.2, 0.25) is 5.91 Å². The molecule has 14 heavy (non-hydrogen) atoms. The summed E-state index contributed by atoms with van der Waals surface area (Å²) in [6, 6.07) is 1.49. The predicted molar refractivity (Wildman–Crippen MR) is 49.7 cm³/mol. The van der Waals surface area contributed by atoms with Crippen molar-refractivity contribution in [2.24, 2.45) is 5.73 Å². The van der Waals surface area contributed by atoms with Crippen molar-refractivity contribution in [3.05, 3.63) is 24.4 Å². The number of hydrogen-bond acceptors (Lipinski definition) is 4. The molecule has 1 radical (unpaired) electrons. The molecule has 0 saturated carbocycles. The van der Waals surface area contributed by atoms with E-state index in [1.54, 1.807) is 0 Å². The molecule has 1 heterocycles. The van der Waals surface area contributed by atoms with Gasteiger partial charge in [0.1, 0.15) is 0 Å². The number of primary amides is 1. The molecule has 0 aliphatic carbocycles. The van der Waals surface area contributed by atoms with E-state index < -0.39 is 15.9 Å². The van der Waals surface area contributed by atoms with E-state index in [1.807, 2.05) is 0 Å². The van der Waals surface area contributed by atoms with E-state index in [2.05, 4.69) is 5.10 Å². The van der Waals surface area contributed by atoms with Crippen LogP contribution in [0.3, 0.4) is 0 Å². The van der Waals surface area contributed by atoms with E-state index in [0.29, 0.717) is 5.69 Å². The largest absolute Gasteiger partial charge is 0.370 e. The average molecular weight is 216 g/mol. The monoisotopic (exact) mass is 216 g/mol. The van der Waals surface area contributed by atoms with Crippen molar-refractivity contribution < 1.29 is 13.2 Å². The Morgan fingerprint density at radius 2 is 2.36 bits per heavy atom. The maximum Gasteiger partial charge on any atom is 0.250 e. The zero-order valence-electron chi connectivity index (χ0n) is 7.54. The number of aromatic nitrogens is 2. The van der Waals surface area contributed by atoms with E-state index in [-0.39, 0.29) is 6.42 Å². The summed E-state index contributed by atoms with van der Waals surface area (Å²) >= 11 is 0. The summed E-state index contributed by atoms with van der Waals surface area (Å²) in [4.78, 5) is 10.4. The summed E-state index contributed by atoms with van der Waals surface area (Å²) in [5.41, 5.74) is 5.32. The first-order chi connectivity index (χ1) is 6.39. The summed E-state index contributed by atoms with van der Waals surface area (Å²) in [5, 5.41) is 3.72. The molecule has 7 heteroatoms. The number of amides is 1. The fourth-order valence-electron chi connectivity index (χ4n) is 0.819. The number of carbonyl (C=O) groups excluding carboxylic acids is 1. The molecule has 77 valence electrons. The number of nitrogens with two attached hydrogens (primary N) is 1. The molecule has 0 aromatic carbocycles. The average Bonchev–Trinajstić information content (AvgIpc) is 2.47. The Labute approximate surface area is 81.8 Å². The summed E-state index contributed by atoms with van der Waals surface area (Å²) in [5.74, 6) is -0.487. The minimum Gasteiger partial charge on any atom is -0.370 e. The van der Waals surface area contributed by atoms with Gasteiger partial charge in [-0.2, -0.15) is 9.19 Å². The Hall–Kier alpha value is -1.37. The molecule has 2 N–H and O–H groups in total. The van der Waals surface area contributed by atoms with Gasteiger partial charge in [0, 0.05) is 19.0 Å². The number of nitrogens with zero attached hydrogens (tertiary/aromatic N) is 2. The van der Waals surface area contributed by atoms with Gasteiger partial charge in [-0.3, -0.25) is 4.79 Å². The van der Waals surface area contributed by atoms with Crippen LogP contribution >= 0.6 is 0 Å². The molecule has 6 nitrogen and oxygen atoms in total. The van der Waals surface area contributed by atoms with Crippen molar-refractivity contribution in [2.75, 3.05) is 6.26 Å². The Bertz CT molecular complexity index is 435. The van der Waals surface area contributed by atoms with Gasteiger partial charge in [0.25, 0.3) is 10.0 Å². The topological polar surface area (TPSA) is 95.0 Å². The normalized spacial score (nSPS) is 11.5. The van der Waals surface area contributed by atoms with Crippen molar-refractivity contribution in [1.29, 1.82) is 0 Å². The lowest BCUT2D eigenvalue weighted by atomic mass is 10.2. The van der Waals surface area contributed by atoms with Crippen LogP contribution in [0.4, 0.5) is 0 Å². The quantitative estimate of drug-likeness (QED) is 0.706. The van der Waals surface area contributed by atoms with Crippen molar-refractivity contribution in [3.8, 4) is 0 Å². The van der Waals surface area contributed by atoms with Crippen LogP contribution < -0.4 is 5.73 Å². The first-order valence-corrected chi connectivity index (χ1v) is 5.62. The molecule has 1 aromatic heterocycles. The third-order valence-electron chi connectivity index (χ3n) is 1.44. The Kier molecular flexibility index (Phi) is 2.90. The molecule has 0 spiro atoms. The Morgan fingerprint density at radius 1 is 1.71 bits per heavy atom. The lowest BCUT2D eigenvalue weighted by Crippen LogP contribution is -2.12. The minimum atomic E-state index is -3.35. The molecule has 0 saturated heterocycles. The van der Waals surface area contributed by atoms with Gasteiger partial charge < -0.3 is 5.73 Å². The van der Waals surface area contributed by atoms with Crippen LogP contribution in [0.5, 0.6) is 0 Å². The van der Waals surface area contributed by atoms with Crippen LogP contribution in [0.2, 0.25) is 0 Å². The third kappa shape index (κ3) is 2.84. The zero-order chi connectivity index (χ0) is 10.8. The second-order valence-corrected chi connectivity index (χ2v) is 4.59. The highest BCUT2D eigenvalue weighted by Gasteiger charge is 2.08. The minimum absolute atomic E-state index is 0.0424. The van der Waals surface area contributed by atoms with Crippen LogP contribution in [0.15, 0.2) is 12.3 Å². The molecular formula is C7H10N3O3S. The molecule has 1 amide bonds. The molecule has 0 aliphatic rings. The second kappa shape index (κ2) is 3.79. The van der Waals surface area contributed by atoms with E-state index in [9.17, 15) is 13.2 Å². The Balaban J connectivity index is 2.74. The van der Waals surface area contributed by atoms with Crippen LogP contribution in [-0.2, 0) is 14.8 Å². The van der Waals surface area contributed by atoms with Gasteiger partial charge in [0.15, 0.2) is 0 Å². The SMILES string of the molecule is CS(=O)(=O)n1ccc([CH]CC(N)=O)n1. The van der Waals surface area contributed by atoms with Crippen molar-refractivity contribution in [3.63, 3.8) is 0 Å². The fourth-order valence-corrected chi connectivity index (χ4v) is 1.34. The molecule has 0 fully saturated rings. The number of carbonyl (C=O) groups is 1. The van der Waals surface area contributed by atoms with Crippen LogP contribution in [-0.4, -0.2) is 29.8 Å². The third-order valence-corrected chi connectivity index (χ3v) is 2.32. The van der Waals surface area contributed by atoms with Gasteiger partial charge in [-0.15, -0.1) is 0 Å². The fraction of sp³-hybridized carbons (Fsp3) is 0.286. The van der Waals surface area contributed by atoms with Gasteiger partial charge in [-0.05, 0) is 6.07 Å². The molecule has 0 atom stereocenters. The van der Waals surface area contributed by atoms with E-state index in [1.165, 1.54) is 18.7 Å². The highest BCUT2D eigenvalue weighted by molar-refractivity contribution is 7.89. The molecular weight excluding hydrogens is 206 g/mol. The zero-order valence-corrected chi connectivity index (χ0v) is 8.36. The van der Waals surface area contributed by atoms with Gasteiger partial charge in [-0.1, -0.05) is 0 Å².